The van der Waals surface area contributed by atoms with Crippen molar-refractivity contribution in [3.8, 4) is 12.1 Å². The normalized spacial score (nSPS) is 23.2. The minimum Gasteiger partial charge on any atom is -0.404 e. The quantitative estimate of drug-likeness (QED) is 0.471. The number of carbonyl (C=O) groups is 1. The van der Waals surface area contributed by atoms with Crippen molar-refractivity contribution in [2.24, 2.45) is 16.9 Å². The number of rotatable bonds is 5. The van der Waals surface area contributed by atoms with Gasteiger partial charge in [0.1, 0.15) is 36.5 Å². The van der Waals surface area contributed by atoms with Gasteiger partial charge in [-0.15, -0.1) is 0 Å². The van der Waals surface area contributed by atoms with Crippen LogP contribution in [0.1, 0.15) is 38.7 Å². The number of amides is 1. The highest BCUT2D eigenvalue weighted by Crippen LogP contribution is 2.55. The number of anilines is 2. The van der Waals surface area contributed by atoms with Gasteiger partial charge in [0.05, 0.1) is 11.6 Å². The van der Waals surface area contributed by atoms with Crippen LogP contribution in [0.5, 0.6) is 0 Å². The first-order chi connectivity index (χ1) is 16.7. The zero-order chi connectivity index (χ0) is 25.4. The van der Waals surface area contributed by atoms with E-state index in [4.69, 9.17) is 11.5 Å². The molecule has 35 heavy (non-hydrogen) atoms. The summed E-state index contributed by atoms with van der Waals surface area (Å²) in [5, 5.41) is 18.6. The van der Waals surface area contributed by atoms with Crippen LogP contribution in [0.2, 0.25) is 0 Å². The first-order valence-corrected chi connectivity index (χ1v) is 11.7. The minimum absolute atomic E-state index is 0.132. The van der Waals surface area contributed by atoms with E-state index in [1.165, 1.54) is 19.5 Å². The molecule has 3 heterocycles. The van der Waals surface area contributed by atoms with Gasteiger partial charge in [-0.1, -0.05) is 6.42 Å². The summed E-state index contributed by atoms with van der Waals surface area (Å²) in [6.07, 6.45) is 7.32. The van der Waals surface area contributed by atoms with Gasteiger partial charge in [-0.2, -0.15) is 10.5 Å². The molecule has 2 unspecified atom stereocenters. The number of hydrogen-bond donors (Lipinski definition) is 2. The number of hydrogen-bond acceptors (Lipinski definition) is 9. The van der Waals surface area contributed by atoms with Gasteiger partial charge in [0.2, 0.25) is 5.91 Å². The van der Waals surface area contributed by atoms with Crippen LogP contribution in [0.4, 0.5) is 16.0 Å². The number of nitrogens with zero attached hydrogens (tertiary/aromatic N) is 7. The van der Waals surface area contributed by atoms with Gasteiger partial charge >= 0.3 is 0 Å². The van der Waals surface area contributed by atoms with Crippen molar-refractivity contribution in [3.05, 3.63) is 35.6 Å². The lowest BCUT2D eigenvalue weighted by Crippen LogP contribution is -2.58. The molecule has 10 nitrogen and oxygen atoms in total. The highest BCUT2D eigenvalue weighted by molar-refractivity contribution is 5.86. The average Bonchev–Trinajstić information content (AvgIpc) is 3.23. The van der Waals surface area contributed by atoms with Crippen LogP contribution in [0.15, 0.2) is 30.0 Å². The van der Waals surface area contributed by atoms with Gasteiger partial charge in [-0.3, -0.25) is 4.79 Å². The van der Waals surface area contributed by atoms with Gasteiger partial charge in [-0.05, 0) is 32.8 Å². The fraction of sp³-hybridized carbons (Fsp3) is 0.542. The van der Waals surface area contributed by atoms with Crippen molar-refractivity contribution in [1.29, 1.82) is 10.5 Å². The summed E-state index contributed by atoms with van der Waals surface area (Å²) in [5.74, 6) is 1.44. The number of carbonyl (C=O) groups excluding carboxylic acids is 1. The Hall–Kier alpha value is -3.86. The average molecular weight is 480 g/mol. The predicted octanol–water partition coefficient (Wildman–Crippen LogP) is 1.42. The van der Waals surface area contributed by atoms with Crippen molar-refractivity contribution in [3.63, 3.8) is 0 Å². The molecule has 1 saturated heterocycles. The predicted molar refractivity (Wildman–Crippen MR) is 128 cm³/mol. The van der Waals surface area contributed by atoms with E-state index < -0.39 is 18.0 Å². The van der Waals surface area contributed by atoms with Crippen LogP contribution < -0.4 is 21.3 Å². The van der Waals surface area contributed by atoms with E-state index in [1.807, 2.05) is 24.0 Å². The molecule has 1 aliphatic carbocycles. The number of nitrogens with two attached hydrogens (primary N) is 2. The molecule has 3 aliphatic rings. The topological polar surface area (TPSA) is 152 Å². The number of allylic oxidation sites excluding steroid dienone is 2. The standard InChI is InChI=1S/C24H30FN9O/c1-16-11-32(6-7-33(16)22(35)23(2,12-25)13-28)20-19-21(31-15-30-20)34(14-24(19)4-3-5-24)18(29)8-17(9-26)10-27/h8-9,15-16H,3-7,11-12,14,26,29H2,1-2H3/b17-9+,18-8+. The molecule has 1 aromatic rings. The Morgan fingerprint density at radius 3 is 2.60 bits per heavy atom. The molecular weight excluding hydrogens is 449 g/mol. The Bertz CT molecular complexity index is 1160. The number of piperazine rings is 1. The molecule has 184 valence electrons. The van der Waals surface area contributed by atoms with Crippen molar-refractivity contribution in [2.45, 2.75) is 44.6 Å². The molecule has 4 N–H and O–H groups in total. The van der Waals surface area contributed by atoms with E-state index in [-0.39, 0.29) is 17.0 Å². The molecule has 2 fully saturated rings. The lowest BCUT2D eigenvalue weighted by Gasteiger charge is -2.44. The number of halogens is 1. The van der Waals surface area contributed by atoms with Crippen molar-refractivity contribution >= 4 is 17.5 Å². The van der Waals surface area contributed by atoms with Crippen LogP contribution in [-0.2, 0) is 10.2 Å². The second-order valence-electron chi connectivity index (χ2n) is 9.79. The summed E-state index contributed by atoms with van der Waals surface area (Å²) < 4.78 is 13.5. The lowest BCUT2D eigenvalue weighted by molar-refractivity contribution is -0.141. The Labute approximate surface area is 204 Å². The second-order valence-corrected chi connectivity index (χ2v) is 9.79. The van der Waals surface area contributed by atoms with Crippen LogP contribution >= 0.6 is 0 Å². The zero-order valence-electron chi connectivity index (χ0n) is 20.0. The summed E-state index contributed by atoms with van der Waals surface area (Å²) in [4.78, 5) is 27.8. The second kappa shape index (κ2) is 9.06. The van der Waals surface area contributed by atoms with Crippen LogP contribution in [0.3, 0.4) is 0 Å². The molecule has 1 amide bonds. The third kappa shape index (κ3) is 3.91. The van der Waals surface area contributed by atoms with E-state index in [2.05, 4.69) is 14.9 Å². The summed E-state index contributed by atoms with van der Waals surface area (Å²) >= 11 is 0. The van der Waals surface area contributed by atoms with Crippen molar-refractivity contribution < 1.29 is 9.18 Å². The van der Waals surface area contributed by atoms with Crippen LogP contribution in [-0.4, -0.2) is 59.7 Å². The summed E-state index contributed by atoms with van der Waals surface area (Å²) in [5.41, 5.74) is 11.4. The maximum absolute atomic E-state index is 13.5. The summed E-state index contributed by atoms with van der Waals surface area (Å²) in [7, 11) is 0. The van der Waals surface area contributed by atoms with Gasteiger partial charge in [-0.25, -0.2) is 14.4 Å². The summed E-state index contributed by atoms with van der Waals surface area (Å²) in [6, 6.07) is 3.62. The first kappa shape index (κ1) is 24.3. The van der Waals surface area contributed by atoms with E-state index in [9.17, 15) is 19.7 Å². The SMILES string of the molecule is CC1CN(c2ncnc3c2C2(CCC2)CN3/C(N)=C/C(C#N)=C\N)CCN1C(=O)C(C)(C#N)CF. The molecule has 0 radical (unpaired) electrons. The molecule has 2 aliphatic heterocycles. The Morgan fingerprint density at radius 1 is 1.34 bits per heavy atom. The van der Waals surface area contributed by atoms with Crippen molar-refractivity contribution in [1.82, 2.24) is 14.9 Å². The Balaban J connectivity index is 1.65. The third-order valence-corrected chi connectivity index (χ3v) is 7.46. The van der Waals surface area contributed by atoms with E-state index in [0.717, 1.165) is 36.5 Å². The summed E-state index contributed by atoms with van der Waals surface area (Å²) in [6.45, 7) is 4.23. The molecule has 2 atom stereocenters. The van der Waals surface area contributed by atoms with E-state index in [0.29, 0.717) is 32.0 Å². The monoisotopic (exact) mass is 479 g/mol. The maximum atomic E-state index is 13.5. The molecule has 11 heteroatoms. The number of nitriles is 2. The lowest BCUT2D eigenvalue weighted by atomic mass is 9.66. The van der Waals surface area contributed by atoms with Crippen molar-refractivity contribution in [2.75, 3.05) is 42.7 Å². The fourth-order valence-corrected chi connectivity index (χ4v) is 5.23. The van der Waals surface area contributed by atoms with Gasteiger partial charge in [0, 0.05) is 49.4 Å². The minimum atomic E-state index is -1.67. The van der Waals surface area contributed by atoms with E-state index in [1.54, 1.807) is 11.0 Å². The maximum Gasteiger partial charge on any atom is 0.245 e. The molecule has 4 rings (SSSR count). The number of aromatic nitrogens is 2. The Morgan fingerprint density at radius 2 is 2.06 bits per heavy atom. The molecule has 1 spiro atoms. The smallest absolute Gasteiger partial charge is 0.245 e. The van der Waals surface area contributed by atoms with Crippen LogP contribution in [0, 0.1) is 28.1 Å². The highest BCUT2D eigenvalue weighted by atomic mass is 19.1. The van der Waals surface area contributed by atoms with Gasteiger partial charge < -0.3 is 26.2 Å². The fourth-order valence-electron chi connectivity index (χ4n) is 5.23. The van der Waals surface area contributed by atoms with Gasteiger partial charge in [0.25, 0.3) is 0 Å². The molecule has 0 bridgehead atoms. The molecule has 1 saturated carbocycles. The van der Waals surface area contributed by atoms with Gasteiger partial charge in [0.15, 0.2) is 5.41 Å². The van der Waals surface area contributed by atoms with E-state index >= 15 is 0 Å². The molecule has 1 aromatic heterocycles. The zero-order valence-corrected chi connectivity index (χ0v) is 20.0. The van der Waals surface area contributed by atoms with Crippen LogP contribution in [0.25, 0.3) is 0 Å². The largest absolute Gasteiger partial charge is 0.404 e. The Kier molecular flexibility index (Phi) is 6.28. The highest BCUT2D eigenvalue weighted by Gasteiger charge is 2.51. The molecular formula is C24H30FN9O. The molecule has 0 aromatic carbocycles. The third-order valence-electron chi connectivity index (χ3n) is 7.46. The number of fused-ring (bicyclic) bond motifs is 2. The first-order valence-electron chi connectivity index (χ1n) is 11.7. The number of alkyl halides is 1.